The van der Waals surface area contributed by atoms with Gasteiger partial charge in [-0.3, -0.25) is 10.1 Å². The Bertz CT molecular complexity index is 884. The van der Waals surface area contributed by atoms with Crippen LogP contribution in [-0.4, -0.2) is 36.6 Å². The summed E-state index contributed by atoms with van der Waals surface area (Å²) >= 11 is 14.8. The van der Waals surface area contributed by atoms with Crippen LogP contribution in [0.4, 0.5) is 5.13 Å². The van der Waals surface area contributed by atoms with E-state index in [9.17, 15) is 4.79 Å². The maximum atomic E-state index is 12.0. The first kappa shape index (κ1) is 18.1. The largest absolute Gasteiger partial charge is 0.302 e. The molecule has 0 unspecified atom stereocenters. The predicted molar refractivity (Wildman–Crippen MR) is 100 cm³/mol. The number of carbonyl (C=O) groups excluding carboxylic acids is 1. The summed E-state index contributed by atoms with van der Waals surface area (Å²) in [6.45, 7) is 2.61. The molecule has 1 aromatic carbocycles. The lowest BCUT2D eigenvalue weighted by Crippen LogP contribution is -2.14. The summed E-state index contributed by atoms with van der Waals surface area (Å²) in [6.07, 6.45) is 0. The molecule has 130 valence electrons. The maximum absolute atomic E-state index is 12.0. The number of thioether (sulfide) groups is 1. The third-order valence-corrected chi connectivity index (χ3v) is 5.27. The number of benzene rings is 1. The van der Waals surface area contributed by atoms with E-state index in [1.807, 2.05) is 11.5 Å². The Kier molecular flexibility index (Phi) is 5.89. The number of carbonyl (C=O) groups is 1. The average Bonchev–Trinajstić information content (AvgIpc) is 3.22. The van der Waals surface area contributed by atoms with Crippen molar-refractivity contribution in [1.82, 2.24) is 25.0 Å². The Morgan fingerprint density at radius 3 is 2.84 bits per heavy atom. The molecule has 1 N–H and O–H groups in total. The molecular formula is C14H12Cl2N6OS2. The number of nitrogens with one attached hydrogen (secondary N) is 1. The summed E-state index contributed by atoms with van der Waals surface area (Å²) in [7, 11) is 0. The summed E-state index contributed by atoms with van der Waals surface area (Å²) in [4.78, 5) is 12.0. The zero-order chi connectivity index (χ0) is 17.8. The minimum absolute atomic E-state index is 0.182. The van der Waals surface area contributed by atoms with E-state index < -0.39 is 0 Å². The van der Waals surface area contributed by atoms with Crippen molar-refractivity contribution in [2.45, 2.75) is 18.6 Å². The van der Waals surface area contributed by atoms with Crippen molar-refractivity contribution in [1.29, 1.82) is 0 Å². The molecule has 0 radical (unpaired) electrons. The van der Waals surface area contributed by atoms with E-state index in [1.165, 1.54) is 23.1 Å². The molecule has 0 atom stereocenters. The van der Waals surface area contributed by atoms with Crippen LogP contribution in [0.1, 0.15) is 6.92 Å². The van der Waals surface area contributed by atoms with Crippen LogP contribution in [0.15, 0.2) is 28.9 Å². The molecule has 2 heterocycles. The molecule has 11 heteroatoms. The molecule has 0 fully saturated rings. The second-order valence-corrected chi connectivity index (χ2v) is 7.37. The number of nitrogens with zero attached hydrogens (tertiary/aromatic N) is 5. The molecule has 0 bridgehead atoms. The second-order valence-electron chi connectivity index (χ2n) is 4.76. The average molecular weight is 415 g/mol. The van der Waals surface area contributed by atoms with Gasteiger partial charge in [0, 0.05) is 17.1 Å². The van der Waals surface area contributed by atoms with E-state index in [4.69, 9.17) is 23.2 Å². The van der Waals surface area contributed by atoms with Gasteiger partial charge in [-0.1, -0.05) is 46.3 Å². The molecular weight excluding hydrogens is 403 g/mol. The van der Waals surface area contributed by atoms with Gasteiger partial charge >= 0.3 is 0 Å². The van der Waals surface area contributed by atoms with Crippen molar-refractivity contribution in [2.24, 2.45) is 0 Å². The zero-order valence-corrected chi connectivity index (χ0v) is 16.1. The van der Waals surface area contributed by atoms with Crippen LogP contribution < -0.4 is 5.32 Å². The Hall–Kier alpha value is -1.68. The van der Waals surface area contributed by atoms with Crippen molar-refractivity contribution < 1.29 is 4.79 Å². The van der Waals surface area contributed by atoms with Crippen LogP contribution in [0.3, 0.4) is 0 Å². The van der Waals surface area contributed by atoms with Gasteiger partial charge in [-0.2, -0.15) is 0 Å². The van der Waals surface area contributed by atoms with Crippen molar-refractivity contribution in [3.05, 3.63) is 33.8 Å². The van der Waals surface area contributed by atoms with Crippen molar-refractivity contribution >= 4 is 57.3 Å². The van der Waals surface area contributed by atoms with Crippen LogP contribution in [0.25, 0.3) is 11.4 Å². The highest BCUT2D eigenvalue weighted by Gasteiger charge is 2.17. The Balaban J connectivity index is 1.74. The molecule has 7 nitrogen and oxygen atoms in total. The molecule has 2 aromatic heterocycles. The van der Waals surface area contributed by atoms with Gasteiger partial charge in [-0.05, 0) is 25.1 Å². The molecule has 25 heavy (non-hydrogen) atoms. The lowest BCUT2D eigenvalue weighted by atomic mass is 10.2. The lowest BCUT2D eigenvalue weighted by molar-refractivity contribution is -0.113. The molecule has 1 amide bonds. The number of rotatable bonds is 6. The highest BCUT2D eigenvalue weighted by Crippen LogP contribution is 2.31. The van der Waals surface area contributed by atoms with Gasteiger partial charge in [-0.15, -0.1) is 20.4 Å². The maximum Gasteiger partial charge on any atom is 0.236 e. The van der Waals surface area contributed by atoms with E-state index in [0.29, 0.717) is 32.7 Å². The highest BCUT2D eigenvalue weighted by molar-refractivity contribution is 7.99. The van der Waals surface area contributed by atoms with Crippen molar-refractivity contribution in [2.75, 3.05) is 11.1 Å². The van der Waals surface area contributed by atoms with E-state index in [2.05, 4.69) is 25.7 Å². The number of halogens is 2. The molecule has 0 aliphatic carbocycles. The monoisotopic (exact) mass is 414 g/mol. The predicted octanol–water partition coefficient (Wildman–Crippen LogP) is 3.85. The number of hydrogen-bond donors (Lipinski definition) is 1. The zero-order valence-electron chi connectivity index (χ0n) is 12.9. The molecule has 0 aliphatic heterocycles. The van der Waals surface area contributed by atoms with Gasteiger partial charge in [0.15, 0.2) is 11.0 Å². The fraction of sp³-hybridized carbons (Fsp3) is 0.214. The summed E-state index contributed by atoms with van der Waals surface area (Å²) in [5.41, 5.74) is 2.30. The molecule has 0 saturated heterocycles. The first-order chi connectivity index (χ1) is 12.1. The van der Waals surface area contributed by atoms with E-state index in [-0.39, 0.29) is 11.7 Å². The summed E-state index contributed by atoms with van der Waals surface area (Å²) < 4.78 is 1.90. The SMILES string of the molecule is CCn1c(SCC(=O)Nc2nncs2)nnc1-c1ccc(Cl)cc1Cl. The Morgan fingerprint density at radius 1 is 1.32 bits per heavy atom. The van der Waals surface area contributed by atoms with Gasteiger partial charge < -0.3 is 4.57 Å². The minimum atomic E-state index is -0.182. The first-order valence-electron chi connectivity index (χ1n) is 7.16. The Morgan fingerprint density at radius 2 is 2.16 bits per heavy atom. The van der Waals surface area contributed by atoms with Crippen molar-refractivity contribution in [3.63, 3.8) is 0 Å². The first-order valence-corrected chi connectivity index (χ1v) is 9.78. The smallest absolute Gasteiger partial charge is 0.236 e. The lowest BCUT2D eigenvalue weighted by Gasteiger charge is -2.08. The van der Waals surface area contributed by atoms with Gasteiger partial charge in [0.1, 0.15) is 5.51 Å². The summed E-state index contributed by atoms with van der Waals surface area (Å²) in [5.74, 6) is 0.640. The summed E-state index contributed by atoms with van der Waals surface area (Å²) in [5, 5.41) is 20.7. The molecule has 0 saturated carbocycles. The number of amides is 1. The fourth-order valence-electron chi connectivity index (χ4n) is 2.06. The fourth-order valence-corrected chi connectivity index (χ4v) is 3.82. The molecule has 0 aliphatic rings. The normalized spacial score (nSPS) is 10.8. The highest BCUT2D eigenvalue weighted by atomic mass is 35.5. The minimum Gasteiger partial charge on any atom is -0.302 e. The van der Waals surface area contributed by atoms with Crippen LogP contribution >= 0.6 is 46.3 Å². The van der Waals surface area contributed by atoms with Gasteiger partial charge in [0.05, 0.1) is 10.8 Å². The number of anilines is 1. The van der Waals surface area contributed by atoms with Crippen LogP contribution in [-0.2, 0) is 11.3 Å². The summed E-state index contributed by atoms with van der Waals surface area (Å²) in [6, 6.07) is 5.21. The topological polar surface area (TPSA) is 85.6 Å². The third kappa shape index (κ3) is 4.30. The third-order valence-electron chi connectivity index (χ3n) is 3.14. The van der Waals surface area contributed by atoms with Crippen molar-refractivity contribution in [3.8, 4) is 11.4 Å². The standard InChI is InChI=1S/C14H12Cl2N6OS2/c1-2-22-12(9-4-3-8(15)5-10(9)16)19-21-14(22)24-6-11(23)18-13-20-17-7-25-13/h3-5,7H,2,6H2,1H3,(H,18,20,23). The Labute approximate surface area is 161 Å². The molecule has 0 spiro atoms. The van der Waals surface area contributed by atoms with Gasteiger partial charge in [0.2, 0.25) is 11.0 Å². The number of aromatic nitrogens is 5. The van der Waals surface area contributed by atoms with E-state index in [1.54, 1.807) is 23.7 Å². The van der Waals surface area contributed by atoms with E-state index in [0.717, 1.165) is 5.56 Å². The van der Waals surface area contributed by atoms with E-state index >= 15 is 0 Å². The van der Waals surface area contributed by atoms with Crippen LogP contribution in [0.2, 0.25) is 10.0 Å². The molecule has 3 aromatic rings. The molecule has 3 rings (SSSR count). The second kappa shape index (κ2) is 8.13. The van der Waals surface area contributed by atoms with Gasteiger partial charge in [0.25, 0.3) is 0 Å². The van der Waals surface area contributed by atoms with Gasteiger partial charge in [-0.25, -0.2) is 0 Å². The van der Waals surface area contributed by atoms with Crippen LogP contribution in [0.5, 0.6) is 0 Å². The quantitative estimate of drug-likeness (QED) is 0.616. The van der Waals surface area contributed by atoms with Crippen LogP contribution in [0, 0.1) is 0 Å². The number of hydrogen-bond acceptors (Lipinski definition) is 7.